The second-order valence-electron chi connectivity index (χ2n) is 6.92. The smallest absolute Gasteiger partial charge is 0.257 e. The summed E-state index contributed by atoms with van der Waals surface area (Å²) in [4.78, 5) is 8.76. The van der Waals surface area contributed by atoms with Crippen LogP contribution in [0.15, 0.2) is 58.0 Å². The monoisotopic (exact) mass is 407 g/mol. The zero-order chi connectivity index (χ0) is 21.2. The zero-order valence-electron chi connectivity index (χ0n) is 17.8. The van der Waals surface area contributed by atoms with Gasteiger partial charge in [-0.15, -0.1) is 0 Å². The highest BCUT2D eigenvalue weighted by molar-refractivity contribution is 5.79. The maximum atomic E-state index is 5.39. The Bertz CT molecular complexity index is 950. The largest absolute Gasteiger partial charge is 0.497 e. The second kappa shape index (κ2) is 11.0. The van der Waals surface area contributed by atoms with Gasteiger partial charge in [0.25, 0.3) is 5.89 Å². The fourth-order valence-corrected chi connectivity index (χ4v) is 3.03. The predicted octanol–water partition coefficient (Wildman–Crippen LogP) is 3.61. The SMILES string of the molecule is CCCc1noc(-c2cccc(CNC(=NC)NCCc3ccc(OC)cc3)c2)n1. The Kier molecular flexibility index (Phi) is 7.83. The van der Waals surface area contributed by atoms with Gasteiger partial charge in [-0.2, -0.15) is 4.98 Å². The molecular weight excluding hydrogens is 378 g/mol. The number of aliphatic imine (C=N–C) groups is 1. The molecule has 3 rings (SSSR count). The number of hydrogen-bond acceptors (Lipinski definition) is 5. The van der Waals surface area contributed by atoms with Gasteiger partial charge in [-0.1, -0.05) is 36.3 Å². The van der Waals surface area contributed by atoms with Crippen molar-refractivity contribution in [3.05, 3.63) is 65.5 Å². The molecule has 1 heterocycles. The molecule has 1 aromatic heterocycles. The minimum absolute atomic E-state index is 0.558. The van der Waals surface area contributed by atoms with Crippen LogP contribution in [0.3, 0.4) is 0 Å². The molecule has 0 unspecified atom stereocenters. The van der Waals surface area contributed by atoms with E-state index in [1.165, 1.54) is 5.56 Å². The summed E-state index contributed by atoms with van der Waals surface area (Å²) in [5.74, 6) is 2.94. The van der Waals surface area contributed by atoms with Gasteiger partial charge >= 0.3 is 0 Å². The molecule has 7 nitrogen and oxygen atoms in total. The summed E-state index contributed by atoms with van der Waals surface area (Å²) < 4.78 is 10.6. The van der Waals surface area contributed by atoms with Crippen molar-refractivity contribution in [2.45, 2.75) is 32.7 Å². The molecule has 0 atom stereocenters. The van der Waals surface area contributed by atoms with Gasteiger partial charge in [0.1, 0.15) is 5.75 Å². The van der Waals surface area contributed by atoms with E-state index in [-0.39, 0.29) is 0 Å². The predicted molar refractivity (Wildman–Crippen MR) is 119 cm³/mol. The molecule has 0 aliphatic heterocycles. The molecule has 2 N–H and O–H groups in total. The third-order valence-electron chi connectivity index (χ3n) is 4.66. The summed E-state index contributed by atoms with van der Waals surface area (Å²) in [5, 5.41) is 10.7. The minimum Gasteiger partial charge on any atom is -0.497 e. The van der Waals surface area contributed by atoms with Gasteiger partial charge < -0.3 is 19.9 Å². The van der Waals surface area contributed by atoms with Crippen LogP contribution in [0.25, 0.3) is 11.5 Å². The van der Waals surface area contributed by atoms with Crippen LogP contribution in [-0.2, 0) is 19.4 Å². The summed E-state index contributed by atoms with van der Waals surface area (Å²) in [6, 6.07) is 16.2. The van der Waals surface area contributed by atoms with E-state index >= 15 is 0 Å². The van der Waals surface area contributed by atoms with E-state index in [2.05, 4.69) is 57.0 Å². The van der Waals surface area contributed by atoms with E-state index in [1.807, 2.05) is 24.3 Å². The Morgan fingerprint density at radius 2 is 1.90 bits per heavy atom. The zero-order valence-corrected chi connectivity index (χ0v) is 17.8. The van der Waals surface area contributed by atoms with Gasteiger partial charge in [0.2, 0.25) is 0 Å². The number of nitrogens with one attached hydrogen (secondary N) is 2. The number of rotatable bonds is 9. The highest BCUT2D eigenvalue weighted by Crippen LogP contribution is 2.19. The van der Waals surface area contributed by atoms with Crippen molar-refractivity contribution < 1.29 is 9.26 Å². The number of methoxy groups -OCH3 is 1. The molecule has 0 spiro atoms. The molecule has 2 aromatic carbocycles. The van der Waals surface area contributed by atoms with Gasteiger partial charge in [0, 0.05) is 32.1 Å². The van der Waals surface area contributed by atoms with Crippen LogP contribution < -0.4 is 15.4 Å². The van der Waals surface area contributed by atoms with Crippen molar-refractivity contribution in [1.82, 2.24) is 20.8 Å². The standard InChI is InChI=1S/C23H29N5O2/c1-4-6-21-27-22(30-28-21)19-8-5-7-18(15-19)16-26-23(24-2)25-14-13-17-9-11-20(29-3)12-10-17/h5,7-12,15H,4,6,13-14,16H2,1-3H3,(H2,24,25,26). The number of aromatic nitrogens is 2. The molecule has 0 fully saturated rings. The van der Waals surface area contributed by atoms with E-state index in [9.17, 15) is 0 Å². The Morgan fingerprint density at radius 1 is 1.07 bits per heavy atom. The fourth-order valence-electron chi connectivity index (χ4n) is 3.03. The van der Waals surface area contributed by atoms with Crippen LogP contribution in [0.2, 0.25) is 0 Å². The van der Waals surface area contributed by atoms with Crippen molar-refractivity contribution >= 4 is 5.96 Å². The van der Waals surface area contributed by atoms with Crippen LogP contribution >= 0.6 is 0 Å². The Labute approximate surface area is 177 Å². The number of benzene rings is 2. The normalized spacial score (nSPS) is 11.4. The number of guanidine groups is 1. The maximum absolute atomic E-state index is 5.39. The minimum atomic E-state index is 0.558. The van der Waals surface area contributed by atoms with E-state index in [0.29, 0.717) is 12.4 Å². The lowest BCUT2D eigenvalue weighted by Crippen LogP contribution is -2.37. The highest BCUT2D eigenvalue weighted by atomic mass is 16.5. The summed E-state index contributed by atoms with van der Waals surface area (Å²) >= 11 is 0. The number of hydrogen-bond donors (Lipinski definition) is 2. The first-order chi connectivity index (χ1) is 14.7. The Hall–Kier alpha value is -3.35. The van der Waals surface area contributed by atoms with Crippen LogP contribution in [0, 0.1) is 0 Å². The van der Waals surface area contributed by atoms with Crippen molar-refractivity contribution in [3.63, 3.8) is 0 Å². The number of nitrogens with zero attached hydrogens (tertiary/aromatic N) is 3. The topological polar surface area (TPSA) is 84.6 Å². The quantitative estimate of drug-likeness (QED) is 0.416. The average molecular weight is 408 g/mol. The molecule has 158 valence electrons. The fraction of sp³-hybridized carbons (Fsp3) is 0.348. The molecule has 0 aliphatic rings. The third kappa shape index (κ3) is 6.07. The van der Waals surface area contributed by atoms with Crippen molar-refractivity contribution in [3.8, 4) is 17.2 Å². The molecule has 0 saturated heterocycles. The second-order valence-corrected chi connectivity index (χ2v) is 6.92. The summed E-state index contributed by atoms with van der Waals surface area (Å²) in [6.07, 6.45) is 2.72. The first-order valence-corrected chi connectivity index (χ1v) is 10.2. The summed E-state index contributed by atoms with van der Waals surface area (Å²) in [7, 11) is 3.44. The van der Waals surface area contributed by atoms with Gasteiger partial charge in [-0.25, -0.2) is 0 Å². The van der Waals surface area contributed by atoms with Gasteiger partial charge in [-0.3, -0.25) is 4.99 Å². The van der Waals surface area contributed by atoms with Gasteiger partial charge in [0.05, 0.1) is 7.11 Å². The maximum Gasteiger partial charge on any atom is 0.257 e. The van der Waals surface area contributed by atoms with Gasteiger partial charge in [0.15, 0.2) is 11.8 Å². The van der Waals surface area contributed by atoms with Crippen LogP contribution in [-0.4, -0.2) is 36.8 Å². The lowest BCUT2D eigenvalue weighted by Gasteiger charge is -2.12. The van der Waals surface area contributed by atoms with Crippen molar-refractivity contribution in [1.29, 1.82) is 0 Å². The van der Waals surface area contributed by atoms with Crippen LogP contribution in [0.4, 0.5) is 0 Å². The van der Waals surface area contributed by atoms with E-state index < -0.39 is 0 Å². The van der Waals surface area contributed by atoms with Crippen LogP contribution in [0.1, 0.15) is 30.3 Å². The Morgan fingerprint density at radius 3 is 2.63 bits per heavy atom. The molecule has 3 aromatic rings. The average Bonchev–Trinajstić information content (AvgIpc) is 3.26. The number of aryl methyl sites for hydroxylation is 1. The van der Waals surface area contributed by atoms with Crippen molar-refractivity contribution in [2.24, 2.45) is 4.99 Å². The van der Waals surface area contributed by atoms with Crippen LogP contribution in [0.5, 0.6) is 5.75 Å². The summed E-state index contributed by atoms with van der Waals surface area (Å²) in [5.41, 5.74) is 3.28. The molecule has 0 radical (unpaired) electrons. The highest BCUT2D eigenvalue weighted by Gasteiger charge is 2.09. The van der Waals surface area contributed by atoms with Gasteiger partial charge in [-0.05, 0) is 48.2 Å². The first-order valence-electron chi connectivity index (χ1n) is 10.2. The molecule has 30 heavy (non-hydrogen) atoms. The molecule has 0 aliphatic carbocycles. The molecule has 0 bridgehead atoms. The van der Waals surface area contributed by atoms with Crippen molar-refractivity contribution in [2.75, 3.05) is 20.7 Å². The molecule has 7 heteroatoms. The van der Waals surface area contributed by atoms with E-state index in [4.69, 9.17) is 9.26 Å². The Balaban J connectivity index is 1.50. The molecule has 0 saturated carbocycles. The summed E-state index contributed by atoms with van der Waals surface area (Å²) in [6.45, 7) is 3.53. The van der Waals surface area contributed by atoms with E-state index in [1.54, 1.807) is 14.2 Å². The third-order valence-corrected chi connectivity index (χ3v) is 4.66. The lowest BCUT2D eigenvalue weighted by atomic mass is 10.1. The number of ether oxygens (including phenoxy) is 1. The molecular formula is C23H29N5O2. The van der Waals surface area contributed by atoms with E-state index in [0.717, 1.165) is 54.5 Å². The lowest BCUT2D eigenvalue weighted by molar-refractivity contribution is 0.414. The molecule has 0 amide bonds. The first kappa shape index (κ1) is 21.4.